The summed E-state index contributed by atoms with van der Waals surface area (Å²) in [5.41, 5.74) is 2.56. The molecule has 82 valence electrons. The Morgan fingerprint density at radius 3 is 2.71 bits per heavy atom. The minimum absolute atomic E-state index is 0. The van der Waals surface area contributed by atoms with Gasteiger partial charge in [-0.2, -0.15) is 5.10 Å². The van der Waals surface area contributed by atoms with Gasteiger partial charge in [0.05, 0.1) is 11.9 Å². The number of nitrogens with one attached hydrogen (secondary N) is 1. The largest absolute Gasteiger partial charge is 0.311 e. The van der Waals surface area contributed by atoms with Crippen molar-refractivity contribution in [2.75, 3.05) is 6.54 Å². The molecule has 0 saturated carbocycles. The Morgan fingerprint density at radius 2 is 2.21 bits per heavy atom. The fourth-order valence-electron chi connectivity index (χ4n) is 1.34. The van der Waals surface area contributed by atoms with E-state index >= 15 is 0 Å². The molecule has 0 atom stereocenters. The highest BCUT2D eigenvalue weighted by molar-refractivity contribution is 5.85. The first-order valence-corrected chi connectivity index (χ1v) is 4.94. The van der Waals surface area contributed by atoms with E-state index in [0.29, 0.717) is 0 Å². The lowest BCUT2D eigenvalue weighted by Gasteiger charge is -2.05. The van der Waals surface area contributed by atoms with Gasteiger partial charge in [0, 0.05) is 13.6 Å². The van der Waals surface area contributed by atoms with E-state index in [1.807, 2.05) is 17.9 Å². The number of hydrogen-bond acceptors (Lipinski definition) is 2. The van der Waals surface area contributed by atoms with Gasteiger partial charge in [-0.15, -0.1) is 12.4 Å². The summed E-state index contributed by atoms with van der Waals surface area (Å²) in [4.78, 5) is 0. The van der Waals surface area contributed by atoms with Gasteiger partial charge < -0.3 is 5.32 Å². The molecule has 4 heteroatoms. The molecule has 0 fully saturated rings. The van der Waals surface area contributed by atoms with Crippen LogP contribution in [0.25, 0.3) is 0 Å². The van der Waals surface area contributed by atoms with Gasteiger partial charge in [-0.05, 0) is 25.5 Å². The van der Waals surface area contributed by atoms with Crippen molar-refractivity contribution in [1.82, 2.24) is 15.1 Å². The summed E-state index contributed by atoms with van der Waals surface area (Å²) in [6.45, 7) is 6.34. The Hall–Kier alpha value is -0.540. The quantitative estimate of drug-likeness (QED) is 0.766. The standard InChI is InChI=1S/C10H19N3.ClH/c1-4-5-6-11-8-10-9(2)7-12-13(10)3;/h7,11H,4-6,8H2,1-3H3;1H. The van der Waals surface area contributed by atoms with Crippen LogP contribution >= 0.6 is 12.4 Å². The third-order valence-electron chi connectivity index (χ3n) is 2.27. The maximum Gasteiger partial charge on any atom is 0.0547 e. The molecular formula is C10H20ClN3. The van der Waals surface area contributed by atoms with Gasteiger partial charge in [-0.25, -0.2) is 0 Å². The SMILES string of the molecule is CCCCNCc1c(C)cnn1C.Cl. The van der Waals surface area contributed by atoms with Gasteiger partial charge in [0.2, 0.25) is 0 Å². The molecule has 0 bridgehead atoms. The molecule has 0 saturated heterocycles. The number of aromatic nitrogens is 2. The van der Waals surface area contributed by atoms with Gasteiger partial charge in [-0.1, -0.05) is 13.3 Å². The van der Waals surface area contributed by atoms with Crippen LogP contribution in [-0.2, 0) is 13.6 Å². The van der Waals surface area contributed by atoms with Crippen molar-refractivity contribution in [2.24, 2.45) is 7.05 Å². The molecule has 1 aromatic heterocycles. The molecule has 0 unspecified atom stereocenters. The van der Waals surface area contributed by atoms with E-state index in [1.165, 1.54) is 24.1 Å². The highest BCUT2D eigenvalue weighted by Gasteiger charge is 2.02. The zero-order chi connectivity index (χ0) is 9.68. The molecule has 0 aliphatic heterocycles. The van der Waals surface area contributed by atoms with Crippen LogP contribution in [0.1, 0.15) is 31.0 Å². The van der Waals surface area contributed by atoms with Crippen LogP contribution in [0.5, 0.6) is 0 Å². The second-order valence-corrected chi connectivity index (χ2v) is 3.43. The van der Waals surface area contributed by atoms with Gasteiger partial charge in [0.25, 0.3) is 0 Å². The van der Waals surface area contributed by atoms with Crippen LogP contribution in [0.3, 0.4) is 0 Å². The number of rotatable bonds is 5. The first kappa shape index (κ1) is 13.5. The number of aryl methyl sites for hydroxylation is 2. The lowest BCUT2D eigenvalue weighted by molar-refractivity contribution is 0.601. The van der Waals surface area contributed by atoms with Crippen LogP contribution in [0, 0.1) is 6.92 Å². The summed E-state index contributed by atoms with van der Waals surface area (Å²) in [6.07, 6.45) is 4.41. The van der Waals surface area contributed by atoms with Crippen molar-refractivity contribution < 1.29 is 0 Å². The van der Waals surface area contributed by atoms with Crippen LogP contribution < -0.4 is 5.32 Å². The highest BCUT2D eigenvalue weighted by Crippen LogP contribution is 2.04. The Kier molecular flexibility index (Phi) is 6.58. The molecular weight excluding hydrogens is 198 g/mol. The Bertz CT molecular complexity index is 238. The molecule has 14 heavy (non-hydrogen) atoms. The van der Waals surface area contributed by atoms with Gasteiger partial charge in [-0.3, -0.25) is 4.68 Å². The number of halogens is 1. The Labute approximate surface area is 92.3 Å². The molecule has 3 nitrogen and oxygen atoms in total. The van der Waals surface area contributed by atoms with Crippen molar-refractivity contribution in [3.8, 4) is 0 Å². The van der Waals surface area contributed by atoms with E-state index in [2.05, 4.69) is 24.3 Å². The molecule has 1 N–H and O–H groups in total. The summed E-state index contributed by atoms with van der Waals surface area (Å²) >= 11 is 0. The van der Waals surface area contributed by atoms with Gasteiger partial charge >= 0.3 is 0 Å². The van der Waals surface area contributed by atoms with Crippen molar-refractivity contribution >= 4 is 12.4 Å². The average Bonchev–Trinajstić information content (AvgIpc) is 2.42. The minimum Gasteiger partial charge on any atom is -0.311 e. The first-order valence-electron chi connectivity index (χ1n) is 4.94. The van der Waals surface area contributed by atoms with Crippen LogP contribution in [0.4, 0.5) is 0 Å². The van der Waals surface area contributed by atoms with E-state index in [1.54, 1.807) is 0 Å². The summed E-state index contributed by atoms with van der Waals surface area (Å²) in [5, 5.41) is 7.60. The summed E-state index contributed by atoms with van der Waals surface area (Å²) in [6, 6.07) is 0. The third-order valence-corrected chi connectivity index (χ3v) is 2.27. The molecule has 0 spiro atoms. The maximum absolute atomic E-state index is 4.19. The highest BCUT2D eigenvalue weighted by atomic mass is 35.5. The van der Waals surface area contributed by atoms with Crippen molar-refractivity contribution in [3.63, 3.8) is 0 Å². The molecule has 1 aromatic rings. The first-order chi connectivity index (χ1) is 6.25. The molecule has 0 radical (unpaired) electrons. The second-order valence-electron chi connectivity index (χ2n) is 3.43. The molecule has 0 amide bonds. The maximum atomic E-state index is 4.19. The Balaban J connectivity index is 0.00000169. The lowest BCUT2D eigenvalue weighted by Crippen LogP contribution is -2.17. The lowest BCUT2D eigenvalue weighted by atomic mass is 10.2. The predicted molar refractivity (Wildman–Crippen MR) is 61.8 cm³/mol. The monoisotopic (exact) mass is 217 g/mol. The van der Waals surface area contributed by atoms with E-state index in [4.69, 9.17) is 0 Å². The van der Waals surface area contributed by atoms with E-state index in [-0.39, 0.29) is 12.4 Å². The smallest absolute Gasteiger partial charge is 0.0547 e. The predicted octanol–water partition coefficient (Wildman–Crippen LogP) is 2.04. The van der Waals surface area contributed by atoms with Crippen LogP contribution in [-0.4, -0.2) is 16.3 Å². The summed E-state index contributed by atoms with van der Waals surface area (Å²) in [5.74, 6) is 0. The number of hydrogen-bond donors (Lipinski definition) is 1. The van der Waals surface area contributed by atoms with Crippen molar-refractivity contribution in [3.05, 3.63) is 17.5 Å². The van der Waals surface area contributed by atoms with E-state index < -0.39 is 0 Å². The molecule has 1 heterocycles. The fraction of sp³-hybridized carbons (Fsp3) is 0.700. The van der Waals surface area contributed by atoms with Gasteiger partial charge in [0.1, 0.15) is 0 Å². The zero-order valence-electron chi connectivity index (χ0n) is 9.21. The average molecular weight is 218 g/mol. The molecule has 1 rings (SSSR count). The van der Waals surface area contributed by atoms with E-state index in [0.717, 1.165) is 13.1 Å². The van der Waals surface area contributed by atoms with E-state index in [9.17, 15) is 0 Å². The topological polar surface area (TPSA) is 29.9 Å². The normalized spacial score (nSPS) is 9.93. The number of nitrogens with zero attached hydrogens (tertiary/aromatic N) is 2. The Morgan fingerprint density at radius 1 is 1.50 bits per heavy atom. The molecule has 0 aromatic carbocycles. The molecule has 0 aliphatic carbocycles. The van der Waals surface area contributed by atoms with Crippen molar-refractivity contribution in [2.45, 2.75) is 33.2 Å². The van der Waals surface area contributed by atoms with Gasteiger partial charge in [0.15, 0.2) is 0 Å². The molecule has 0 aliphatic rings. The summed E-state index contributed by atoms with van der Waals surface area (Å²) < 4.78 is 1.94. The third kappa shape index (κ3) is 3.68. The number of unbranched alkanes of at least 4 members (excludes halogenated alkanes) is 1. The zero-order valence-corrected chi connectivity index (χ0v) is 10.0. The summed E-state index contributed by atoms with van der Waals surface area (Å²) in [7, 11) is 1.99. The fourth-order valence-corrected chi connectivity index (χ4v) is 1.34. The van der Waals surface area contributed by atoms with Crippen LogP contribution in [0.15, 0.2) is 6.20 Å². The second kappa shape index (κ2) is 6.85. The van der Waals surface area contributed by atoms with Crippen molar-refractivity contribution in [1.29, 1.82) is 0 Å². The minimum atomic E-state index is 0. The van der Waals surface area contributed by atoms with Crippen LogP contribution in [0.2, 0.25) is 0 Å².